The molecule has 1 amide bonds. The highest BCUT2D eigenvalue weighted by Crippen LogP contribution is 2.30. The molecular weight excluding hydrogens is 448 g/mol. The normalized spacial score (nSPS) is 16.0. The summed E-state index contributed by atoms with van der Waals surface area (Å²) in [5.74, 6) is -0.0704. The molecule has 32 heavy (non-hydrogen) atoms. The third kappa shape index (κ3) is 4.57. The van der Waals surface area contributed by atoms with E-state index in [0.717, 1.165) is 29.5 Å². The zero-order valence-electron chi connectivity index (χ0n) is 18.6. The summed E-state index contributed by atoms with van der Waals surface area (Å²) >= 11 is 1.48. The molecule has 0 saturated carbocycles. The van der Waals surface area contributed by atoms with Gasteiger partial charge in [-0.1, -0.05) is 35.9 Å². The first-order chi connectivity index (χ1) is 15.3. The van der Waals surface area contributed by atoms with Gasteiger partial charge in [-0.25, -0.2) is 13.4 Å². The summed E-state index contributed by atoms with van der Waals surface area (Å²) in [5, 5.41) is 7.28. The summed E-state index contributed by atoms with van der Waals surface area (Å²) in [6.07, 6.45) is 4.27. The van der Waals surface area contributed by atoms with Gasteiger partial charge in [0, 0.05) is 19.0 Å². The van der Waals surface area contributed by atoms with E-state index < -0.39 is 10.0 Å². The molecule has 1 fully saturated rings. The number of carbonyl (C=O) groups is 1. The number of amides is 1. The number of sulfonamides is 1. The number of piperidine rings is 1. The zero-order chi connectivity index (χ0) is 22.9. The molecule has 0 atom stereocenters. The molecule has 1 N–H and O–H groups in total. The van der Waals surface area contributed by atoms with Crippen LogP contribution in [-0.2, 0) is 21.2 Å². The van der Waals surface area contributed by atoms with Crippen LogP contribution in [0.2, 0.25) is 0 Å². The smallest absolute Gasteiger partial charge is 0.248 e. The molecule has 1 saturated heterocycles. The van der Waals surface area contributed by atoms with Gasteiger partial charge in [0.1, 0.15) is 10.6 Å². The van der Waals surface area contributed by atoms with Crippen molar-refractivity contribution in [1.29, 1.82) is 0 Å². The molecule has 1 aromatic carbocycles. The van der Waals surface area contributed by atoms with Crippen LogP contribution in [0.25, 0.3) is 10.2 Å². The van der Waals surface area contributed by atoms with E-state index in [9.17, 15) is 13.2 Å². The van der Waals surface area contributed by atoms with Crippen LogP contribution in [0.1, 0.15) is 49.6 Å². The molecular formula is C22H28N4O4S2. The molecule has 3 aromatic rings. The molecule has 2 aromatic heterocycles. The number of unbranched alkanes of at least 4 members (excludes halogenated alkanes) is 1. The molecule has 0 unspecified atom stereocenters. The number of aryl methyl sites for hydroxylation is 3. The predicted octanol–water partition coefficient (Wildman–Crippen LogP) is 4.28. The average molecular weight is 477 g/mol. The van der Waals surface area contributed by atoms with Crippen molar-refractivity contribution < 1.29 is 17.7 Å². The van der Waals surface area contributed by atoms with Crippen molar-refractivity contribution in [3.05, 3.63) is 35.2 Å². The number of aromatic nitrogens is 2. The van der Waals surface area contributed by atoms with Crippen molar-refractivity contribution in [1.82, 2.24) is 14.4 Å². The first-order valence-corrected chi connectivity index (χ1v) is 13.2. The summed E-state index contributed by atoms with van der Waals surface area (Å²) in [4.78, 5) is 17.5. The summed E-state index contributed by atoms with van der Waals surface area (Å²) in [6, 6.07) is 6.25. The van der Waals surface area contributed by atoms with Gasteiger partial charge in [-0.3, -0.25) is 4.79 Å². The topological polar surface area (TPSA) is 105 Å². The van der Waals surface area contributed by atoms with Gasteiger partial charge in [-0.05, 0) is 57.2 Å². The summed E-state index contributed by atoms with van der Waals surface area (Å²) in [5.41, 5.74) is 2.52. The van der Waals surface area contributed by atoms with Crippen LogP contribution in [0.3, 0.4) is 0 Å². The van der Waals surface area contributed by atoms with Crippen LogP contribution in [0, 0.1) is 19.8 Å². The van der Waals surface area contributed by atoms with Crippen LogP contribution in [0.4, 0.5) is 5.13 Å². The highest BCUT2D eigenvalue weighted by Gasteiger charge is 2.35. The number of hydrogen-bond donors (Lipinski definition) is 1. The van der Waals surface area contributed by atoms with Gasteiger partial charge in [0.05, 0.1) is 10.2 Å². The van der Waals surface area contributed by atoms with Crippen LogP contribution in [-0.4, -0.2) is 41.9 Å². The highest BCUT2D eigenvalue weighted by molar-refractivity contribution is 7.89. The number of rotatable bonds is 7. The first kappa shape index (κ1) is 22.9. The maximum absolute atomic E-state index is 13.0. The van der Waals surface area contributed by atoms with Gasteiger partial charge in [-0.2, -0.15) is 4.31 Å². The Labute approximate surface area is 192 Å². The minimum Gasteiger partial charge on any atom is -0.360 e. The monoisotopic (exact) mass is 476 g/mol. The standard InChI is InChI=1S/C22H28N4O4S2/c1-4-5-6-16-7-8-18-19(13-16)31-22(23-18)24-21(27)17-9-11-26(12-10-17)32(28,29)20-14(2)25-30-15(20)3/h7-8,13,17H,4-6,9-12H2,1-3H3,(H,23,24,27). The van der Waals surface area contributed by atoms with Crippen LogP contribution in [0.15, 0.2) is 27.6 Å². The van der Waals surface area contributed by atoms with Gasteiger partial charge in [-0.15, -0.1) is 0 Å². The Bertz CT molecular complexity index is 1200. The van der Waals surface area contributed by atoms with Crippen molar-refractivity contribution >= 4 is 42.6 Å². The van der Waals surface area contributed by atoms with E-state index in [1.54, 1.807) is 13.8 Å². The second-order valence-corrected chi connectivity index (χ2v) is 11.2. The number of hydrogen-bond acceptors (Lipinski definition) is 7. The third-order valence-corrected chi connectivity index (χ3v) is 8.97. The van der Waals surface area contributed by atoms with Crippen molar-refractivity contribution in [2.24, 2.45) is 5.92 Å². The molecule has 1 aliphatic rings. The molecule has 0 spiro atoms. The van der Waals surface area contributed by atoms with E-state index >= 15 is 0 Å². The molecule has 4 rings (SSSR count). The number of carbonyl (C=O) groups excluding carboxylic acids is 1. The molecule has 3 heterocycles. The Hall–Kier alpha value is -2.30. The Balaban J connectivity index is 1.38. The number of nitrogens with zero attached hydrogens (tertiary/aromatic N) is 3. The molecule has 172 valence electrons. The van der Waals surface area contributed by atoms with Crippen LogP contribution in [0.5, 0.6) is 0 Å². The van der Waals surface area contributed by atoms with Crippen molar-refractivity contribution in [3.8, 4) is 0 Å². The Morgan fingerprint density at radius 3 is 2.69 bits per heavy atom. The van der Waals surface area contributed by atoms with E-state index in [1.807, 2.05) is 6.07 Å². The van der Waals surface area contributed by atoms with E-state index in [-0.39, 0.29) is 35.6 Å². The van der Waals surface area contributed by atoms with Gasteiger partial charge in [0.2, 0.25) is 15.9 Å². The summed E-state index contributed by atoms with van der Waals surface area (Å²) in [6.45, 7) is 5.96. The quantitative estimate of drug-likeness (QED) is 0.546. The minimum atomic E-state index is -3.68. The minimum absolute atomic E-state index is 0.107. The van der Waals surface area contributed by atoms with E-state index in [1.165, 1.54) is 21.2 Å². The van der Waals surface area contributed by atoms with Crippen molar-refractivity contribution in [2.75, 3.05) is 18.4 Å². The van der Waals surface area contributed by atoms with E-state index in [2.05, 4.69) is 34.5 Å². The van der Waals surface area contributed by atoms with E-state index in [0.29, 0.717) is 23.7 Å². The second-order valence-electron chi connectivity index (χ2n) is 8.25. The molecule has 0 bridgehead atoms. The van der Waals surface area contributed by atoms with Crippen LogP contribution >= 0.6 is 11.3 Å². The lowest BCUT2D eigenvalue weighted by molar-refractivity contribution is -0.120. The fraction of sp³-hybridized carbons (Fsp3) is 0.500. The third-order valence-electron chi connectivity index (χ3n) is 5.89. The van der Waals surface area contributed by atoms with Gasteiger partial charge in [0.15, 0.2) is 10.9 Å². The fourth-order valence-electron chi connectivity index (χ4n) is 4.10. The number of fused-ring (bicyclic) bond motifs is 1. The number of thiazole rings is 1. The molecule has 0 radical (unpaired) electrons. The van der Waals surface area contributed by atoms with Crippen LogP contribution < -0.4 is 5.32 Å². The SMILES string of the molecule is CCCCc1ccc2nc(NC(=O)C3CCN(S(=O)(=O)c4c(C)noc4C)CC3)sc2c1. The number of benzene rings is 1. The molecule has 0 aliphatic carbocycles. The Kier molecular flexibility index (Phi) is 6.64. The molecule has 8 nitrogen and oxygen atoms in total. The summed E-state index contributed by atoms with van der Waals surface area (Å²) < 4.78 is 33.4. The maximum atomic E-state index is 13.0. The first-order valence-electron chi connectivity index (χ1n) is 10.9. The molecule has 1 aliphatic heterocycles. The average Bonchev–Trinajstić information content (AvgIpc) is 3.33. The summed E-state index contributed by atoms with van der Waals surface area (Å²) in [7, 11) is -3.68. The van der Waals surface area contributed by atoms with Gasteiger partial charge < -0.3 is 9.84 Å². The lowest BCUT2D eigenvalue weighted by Crippen LogP contribution is -2.41. The van der Waals surface area contributed by atoms with Crippen molar-refractivity contribution in [3.63, 3.8) is 0 Å². The van der Waals surface area contributed by atoms with Crippen molar-refractivity contribution in [2.45, 2.75) is 57.8 Å². The maximum Gasteiger partial charge on any atom is 0.248 e. The predicted molar refractivity (Wildman–Crippen MR) is 124 cm³/mol. The second kappa shape index (κ2) is 9.29. The Morgan fingerprint density at radius 2 is 2.03 bits per heavy atom. The fourth-order valence-corrected chi connectivity index (χ4v) is 6.79. The van der Waals surface area contributed by atoms with Gasteiger partial charge >= 0.3 is 0 Å². The number of anilines is 1. The largest absolute Gasteiger partial charge is 0.360 e. The van der Waals surface area contributed by atoms with E-state index in [4.69, 9.17) is 4.52 Å². The lowest BCUT2D eigenvalue weighted by Gasteiger charge is -2.30. The van der Waals surface area contributed by atoms with Gasteiger partial charge in [0.25, 0.3) is 0 Å². The zero-order valence-corrected chi connectivity index (χ0v) is 20.2. The highest BCUT2D eigenvalue weighted by atomic mass is 32.2. The number of nitrogens with one attached hydrogen (secondary N) is 1. The lowest BCUT2D eigenvalue weighted by atomic mass is 9.97. The Morgan fingerprint density at radius 1 is 1.28 bits per heavy atom. The molecule has 10 heteroatoms.